The summed E-state index contributed by atoms with van der Waals surface area (Å²) in [6.45, 7) is 2.12. The molecular formula is C13H19N3S. The van der Waals surface area contributed by atoms with Crippen molar-refractivity contribution in [2.45, 2.75) is 32.2 Å². The molecule has 92 valence electrons. The van der Waals surface area contributed by atoms with Crippen molar-refractivity contribution in [2.24, 2.45) is 12.8 Å². The Bertz CT molecular complexity index is 459. The van der Waals surface area contributed by atoms with Gasteiger partial charge in [0, 0.05) is 29.7 Å². The van der Waals surface area contributed by atoms with E-state index in [2.05, 4.69) is 35.7 Å². The van der Waals surface area contributed by atoms with Crippen molar-refractivity contribution in [3.05, 3.63) is 39.8 Å². The molecule has 0 bridgehead atoms. The van der Waals surface area contributed by atoms with Crippen LogP contribution in [0.15, 0.2) is 23.7 Å². The smallest absolute Gasteiger partial charge is 0.0669 e. The van der Waals surface area contributed by atoms with Crippen LogP contribution in [0.4, 0.5) is 0 Å². The Hall–Kier alpha value is -1.13. The summed E-state index contributed by atoms with van der Waals surface area (Å²) in [5, 5.41) is 6.55. The van der Waals surface area contributed by atoms with E-state index < -0.39 is 0 Å². The van der Waals surface area contributed by atoms with Gasteiger partial charge in [-0.15, -0.1) is 11.3 Å². The highest BCUT2D eigenvalue weighted by atomic mass is 32.1. The van der Waals surface area contributed by atoms with E-state index in [0.717, 1.165) is 25.0 Å². The van der Waals surface area contributed by atoms with Crippen LogP contribution in [-0.4, -0.2) is 9.78 Å². The van der Waals surface area contributed by atoms with Crippen LogP contribution < -0.4 is 5.73 Å². The monoisotopic (exact) mass is 249 g/mol. The van der Waals surface area contributed by atoms with Crippen molar-refractivity contribution < 1.29 is 0 Å². The van der Waals surface area contributed by atoms with Crippen molar-refractivity contribution in [3.63, 3.8) is 0 Å². The van der Waals surface area contributed by atoms with Crippen molar-refractivity contribution in [3.8, 4) is 0 Å². The first-order valence-electron chi connectivity index (χ1n) is 6.01. The Morgan fingerprint density at radius 3 is 3.00 bits per heavy atom. The predicted molar refractivity (Wildman–Crippen MR) is 72.2 cm³/mol. The van der Waals surface area contributed by atoms with Gasteiger partial charge in [0.2, 0.25) is 0 Å². The fourth-order valence-corrected chi connectivity index (χ4v) is 2.77. The standard InChI is InChI=1S/C13H19N3S/c1-3-13-11(9-16(2)15-13)12(14)7-6-10-5-4-8-17-10/h4-5,8-9,12H,3,6-7,14H2,1-2H3. The summed E-state index contributed by atoms with van der Waals surface area (Å²) >= 11 is 1.80. The molecule has 17 heavy (non-hydrogen) atoms. The molecule has 2 heterocycles. The van der Waals surface area contributed by atoms with E-state index in [0.29, 0.717) is 0 Å². The molecule has 0 saturated heterocycles. The lowest BCUT2D eigenvalue weighted by molar-refractivity contribution is 0.648. The molecule has 0 saturated carbocycles. The van der Waals surface area contributed by atoms with Crippen LogP contribution in [0.1, 0.15) is 35.5 Å². The highest BCUT2D eigenvalue weighted by Gasteiger charge is 2.13. The van der Waals surface area contributed by atoms with E-state index in [-0.39, 0.29) is 6.04 Å². The largest absolute Gasteiger partial charge is 0.324 e. The van der Waals surface area contributed by atoms with Gasteiger partial charge in [-0.1, -0.05) is 13.0 Å². The summed E-state index contributed by atoms with van der Waals surface area (Å²) in [6.07, 6.45) is 5.04. The third-order valence-electron chi connectivity index (χ3n) is 2.95. The molecule has 2 N–H and O–H groups in total. The Kier molecular flexibility index (Phi) is 3.97. The first kappa shape index (κ1) is 12.3. The molecule has 0 aliphatic carbocycles. The van der Waals surface area contributed by atoms with Gasteiger partial charge in [-0.3, -0.25) is 4.68 Å². The molecular weight excluding hydrogens is 230 g/mol. The van der Waals surface area contributed by atoms with E-state index in [9.17, 15) is 0 Å². The van der Waals surface area contributed by atoms with Crippen LogP contribution in [0, 0.1) is 0 Å². The topological polar surface area (TPSA) is 43.8 Å². The van der Waals surface area contributed by atoms with E-state index in [1.807, 2.05) is 11.7 Å². The Balaban J connectivity index is 2.01. The van der Waals surface area contributed by atoms with Gasteiger partial charge in [-0.05, 0) is 30.7 Å². The van der Waals surface area contributed by atoms with Crippen LogP contribution >= 0.6 is 11.3 Å². The Morgan fingerprint density at radius 2 is 2.35 bits per heavy atom. The first-order chi connectivity index (χ1) is 8.20. The quantitative estimate of drug-likeness (QED) is 0.885. The molecule has 0 aliphatic rings. The Labute approximate surface area is 106 Å². The highest BCUT2D eigenvalue weighted by Crippen LogP contribution is 2.21. The van der Waals surface area contributed by atoms with Crippen molar-refractivity contribution in [2.75, 3.05) is 0 Å². The van der Waals surface area contributed by atoms with Gasteiger partial charge >= 0.3 is 0 Å². The number of nitrogens with zero attached hydrogens (tertiary/aromatic N) is 2. The lowest BCUT2D eigenvalue weighted by Gasteiger charge is -2.10. The summed E-state index contributed by atoms with van der Waals surface area (Å²) in [7, 11) is 1.95. The number of aromatic nitrogens is 2. The third kappa shape index (κ3) is 2.96. The third-order valence-corrected chi connectivity index (χ3v) is 3.89. The maximum Gasteiger partial charge on any atom is 0.0669 e. The van der Waals surface area contributed by atoms with Gasteiger partial charge in [-0.2, -0.15) is 5.10 Å². The van der Waals surface area contributed by atoms with Gasteiger partial charge in [0.25, 0.3) is 0 Å². The fraction of sp³-hybridized carbons (Fsp3) is 0.462. The second-order valence-corrected chi connectivity index (χ2v) is 5.32. The molecule has 2 aromatic rings. The minimum atomic E-state index is 0.0979. The maximum absolute atomic E-state index is 6.25. The number of aryl methyl sites for hydroxylation is 3. The van der Waals surface area contributed by atoms with Crippen LogP contribution in [0.5, 0.6) is 0 Å². The van der Waals surface area contributed by atoms with Gasteiger partial charge < -0.3 is 5.73 Å². The zero-order chi connectivity index (χ0) is 12.3. The number of rotatable bonds is 5. The number of nitrogens with two attached hydrogens (primary N) is 1. The van der Waals surface area contributed by atoms with E-state index in [1.54, 1.807) is 11.3 Å². The zero-order valence-corrected chi connectivity index (χ0v) is 11.2. The summed E-state index contributed by atoms with van der Waals surface area (Å²) in [4.78, 5) is 1.40. The lowest BCUT2D eigenvalue weighted by Crippen LogP contribution is -2.12. The lowest BCUT2D eigenvalue weighted by atomic mass is 10.0. The summed E-state index contributed by atoms with van der Waals surface area (Å²) < 4.78 is 1.86. The molecule has 0 fully saturated rings. The van der Waals surface area contributed by atoms with E-state index in [4.69, 9.17) is 5.73 Å². The second-order valence-electron chi connectivity index (χ2n) is 4.28. The number of thiophene rings is 1. The van der Waals surface area contributed by atoms with Crippen LogP contribution in [-0.2, 0) is 19.9 Å². The fourth-order valence-electron chi connectivity index (χ4n) is 2.05. The van der Waals surface area contributed by atoms with Crippen molar-refractivity contribution in [1.29, 1.82) is 0 Å². The molecule has 0 spiro atoms. The second kappa shape index (κ2) is 5.47. The zero-order valence-electron chi connectivity index (χ0n) is 10.4. The van der Waals surface area contributed by atoms with E-state index >= 15 is 0 Å². The minimum Gasteiger partial charge on any atom is -0.324 e. The molecule has 0 aromatic carbocycles. The van der Waals surface area contributed by atoms with Gasteiger partial charge in [0.05, 0.1) is 5.69 Å². The molecule has 0 amide bonds. The number of hydrogen-bond acceptors (Lipinski definition) is 3. The molecule has 1 atom stereocenters. The minimum absolute atomic E-state index is 0.0979. The predicted octanol–water partition coefficient (Wildman–Crippen LogP) is 2.68. The van der Waals surface area contributed by atoms with E-state index in [1.165, 1.54) is 10.4 Å². The molecule has 3 nitrogen and oxygen atoms in total. The molecule has 2 aromatic heterocycles. The molecule has 0 radical (unpaired) electrons. The molecule has 1 unspecified atom stereocenters. The van der Waals surface area contributed by atoms with Crippen molar-refractivity contribution in [1.82, 2.24) is 9.78 Å². The molecule has 2 rings (SSSR count). The highest BCUT2D eigenvalue weighted by molar-refractivity contribution is 7.09. The molecule has 4 heteroatoms. The van der Waals surface area contributed by atoms with Crippen LogP contribution in [0.2, 0.25) is 0 Å². The average molecular weight is 249 g/mol. The van der Waals surface area contributed by atoms with Crippen LogP contribution in [0.3, 0.4) is 0 Å². The summed E-state index contributed by atoms with van der Waals surface area (Å²) in [5.74, 6) is 0. The number of hydrogen-bond donors (Lipinski definition) is 1. The molecule has 0 aliphatic heterocycles. The normalized spacial score (nSPS) is 12.9. The Morgan fingerprint density at radius 1 is 1.53 bits per heavy atom. The maximum atomic E-state index is 6.25. The summed E-state index contributed by atoms with van der Waals surface area (Å²) in [6, 6.07) is 4.36. The van der Waals surface area contributed by atoms with Gasteiger partial charge in [0.1, 0.15) is 0 Å². The first-order valence-corrected chi connectivity index (χ1v) is 6.89. The average Bonchev–Trinajstić information content (AvgIpc) is 2.94. The SMILES string of the molecule is CCc1nn(C)cc1C(N)CCc1cccs1. The van der Waals surface area contributed by atoms with Crippen LogP contribution in [0.25, 0.3) is 0 Å². The van der Waals surface area contributed by atoms with Gasteiger partial charge in [-0.25, -0.2) is 0 Å². The van der Waals surface area contributed by atoms with Crippen molar-refractivity contribution >= 4 is 11.3 Å². The van der Waals surface area contributed by atoms with Gasteiger partial charge in [0.15, 0.2) is 0 Å². The summed E-state index contributed by atoms with van der Waals surface area (Å²) in [5.41, 5.74) is 8.58.